The molecule has 1 aliphatic carbocycles. The Balaban J connectivity index is 1.53. The van der Waals surface area contributed by atoms with Crippen LogP contribution >= 0.6 is 0 Å². The molecule has 2 atom stereocenters. The van der Waals surface area contributed by atoms with E-state index < -0.39 is 59.8 Å². The van der Waals surface area contributed by atoms with Crippen molar-refractivity contribution in [3.8, 4) is 22.8 Å². The minimum Gasteiger partial charge on any atom is -0.489 e. The summed E-state index contributed by atoms with van der Waals surface area (Å²) in [4.78, 5) is 29.0. The number of rotatable bonds is 8. The van der Waals surface area contributed by atoms with E-state index in [0.717, 1.165) is 24.3 Å². The highest BCUT2D eigenvalue weighted by Gasteiger charge is 2.57. The fourth-order valence-corrected chi connectivity index (χ4v) is 5.17. The summed E-state index contributed by atoms with van der Waals surface area (Å²) in [6.07, 6.45) is -7.71. The second-order valence-corrected chi connectivity index (χ2v) is 10.6. The highest BCUT2D eigenvalue weighted by molar-refractivity contribution is 5.98. The Labute approximate surface area is 235 Å². The molecule has 0 radical (unpaired) electrons. The molecule has 0 spiro atoms. The number of nitrogens with two attached hydrogens (primary N) is 1. The van der Waals surface area contributed by atoms with Crippen LogP contribution in [0.25, 0.3) is 11.3 Å². The molecule has 0 saturated heterocycles. The summed E-state index contributed by atoms with van der Waals surface area (Å²) in [6.45, 7) is -1.84. The molecule has 0 saturated carbocycles. The SMILES string of the molecule is C[C@@]1(N)COc2c1cc([C@](O)(CCC(=O)c1cc3c(c(OC(F)F)c1)CC(=O)C3)C(F)(F)F)nc2-c1ccc(F)cc1. The second-order valence-electron chi connectivity index (χ2n) is 10.6. The number of pyridine rings is 1. The van der Waals surface area contributed by atoms with E-state index in [1.54, 1.807) is 0 Å². The summed E-state index contributed by atoms with van der Waals surface area (Å²) >= 11 is 0. The average molecular weight is 595 g/mol. The second kappa shape index (κ2) is 10.4. The Hall–Kier alpha value is -3.97. The Kier molecular flexibility index (Phi) is 7.30. The number of ketones is 2. The van der Waals surface area contributed by atoms with E-state index in [-0.39, 0.29) is 64.5 Å². The van der Waals surface area contributed by atoms with Crippen molar-refractivity contribution in [3.05, 3.63) is 76.2 Å². The molecule has 3 aromatic rings. The number of aromatic nitrogens is 1. The topological polar surface area (TPSA) is 112 Å². The van der Waals surface area contributed by atoms with Crippen LogP contribution in [0.3, 0.4) is 0 Å². The van der Waals surface area contributed by atoms with Crippen LogP contribution in [0.2, 0.25) is 0 Å². The molecule has 2 aromatic carbocycles. The maximum absolute atomic E-state index is 14.6. The Morgan fingerprint density at radius 2 is 1.86 bits per heavy atom. The molecule has 2 heterocycles. The number of hydrogen-bond acceptors (Lipinski definition) is 7. The number of benzene rings is 2. The number of halogens is 6. The molecule has 13 heteroatoms. The van der Waals surface area contributed by atoms with Crippen molar-refractivity contribution in [1.82, 2.24) is 4.98 Å². The molecular formula is C29H24F6N2O5. The van der Waals surface area contributed by atoms with Gasteiger partial charge < -0.3 is 20.3 Å². The number of carbonyl (C=O) groups excluding carboxylic acids is 2. The van der Waals surface area contributed by atoms with Crippen molar-refractivity contribution in [2.24, 2.45) is 5.73 Å². The molecule has 1 aromatic heterocycles. The lowest BCUT2D eigenvalue weighted by atomic mass is 9.86. The third-order valence-electron chi connectivity index (χ3n) is 7.43. The molecule has 5 rings (SSSR count). The highest BCUT2D eigenvalue weighted by Crippen LogP contribution is 2.48. The zero-order chi connectivity index (χ0) is 30.6. The molecule has 7 nitrogen and oxygen atoms in total. The van der Waals surface area contributed by atoms with E-state index in [0.29, 0.717) is 0 Å². The highest BCUT2D eigenvalue weighted by atomic mass is 19.4. The monoisotopic (exact) mass is 594 g/mol. The molecular weight excluding hydrogens is 570 g/mol. The quantitative estimate of drug-likeness (QED) is 0.275. The summed E-state index contributed by atoms with van der Waals surface area (Å²) in [5.74, 6) is -2.13. The first-order valence-corrected chi connectivity index (χ1v) is 12.8. The van der Waals surface area contributed by atoms with Crippen molar-refractivity contribution in [3.63, 3.8) is 0 Å². The van der Waals surface area contributed by atoms with E-state index in [1.165, 1.54) is 25.1 Å². The van der Waals surface area contributed by atoms with Gasteiger partial charge in [-0.25, -0.2) is 9.37 Å². The van der Waals surface area contributed by atoms with Crippen LogP contribution in [0.15, 0.2) is 42.5 Å². The van der Waals surface area contributed by atoms with E-state index in [4.69, 9.17) is 10.5 Å². The fraction of sp³-hybridized carbons (Fsp3) is 0.345. The van der Waals surface area contributed by atoms with Crippen molar-refractivity contribution in [1.29, 1.82) is 0 Å². The van der Waals surface area contributed by atoms with Gasteiger partial charge in [0.05, 0.1) is 11.2 Å². The first-order valence-electron chi connectivity index (χ1n) is 12.8. The first-order chi connectivity index (χ1) is 19.6. The molecule has 2 aliphatic rings. The van der Waals surface area contributed by atoms with Gasteiger partial charge >= 0.3 is 12.8 Å². The maximum Gasteiger partial charge on any atom is 0.422 e. The summed E-state index contributed by atoms with van der Waals surface area (Å²) in [7, 11) is 0. The molecule has 1 aliphatic heterocycles. The van der Waals surface area contributed by atoms with E-state index in [2.05, 4.69) is 9.72 Å². The lowest BCUT2D eigenvalue weighted by Crippen LogP contribution is -2.44. The summed E-state index contributed by atoms with van der Waals surface area (Å²) in [5.41, 5.74) is 0.913. The van der Waals surface area contributed by atoms with Crippen LogP contribution in [0.1, 0.15) is 52.5 Å². The summed E-state index contributed by atoms with van der Waals surface area (Å²) < 4.78 is 93.3. The van der Waals surface area contributed by atoms with Crippen molar-refractivity contribution >= 4 is 11.6 Å². The number of Topliss-reactive ketones (excluding diaryl/α,β-unsaturated/α-hetero) is 2. The molecule has 0 fully saturated rings. The predicted molar refractivity (Wildman–Crippen MR) is 136 cm³/mol. The van der Waals surface area contributed by atoms with Crippen molar-refractivity contribution in [2.45, 2.75) is 56.5 Å². The van der Waals surface area contributed by atoms with Gasteiger partial charge in [-0.2, -0.15) is 22.0 Å². The lowest BCUT2D eigenvalue weighted by molar-refractivity contribution is -0.270. The molecule has 0 bridgehead atoms. The van der Waals surface area contributed by atoms with E-state index in [1.807, 2.05) is 0 Å². The number of hydrogen-bond donors (Lipinski definition) is 2. The summed E-state index contributed by atoms with van der Waals surface area (Å²) in [5, 5.41) is 11.1. The van der Waals surface area contributed by atoms with Crippen molar-refractivity contribution < 1.29 is 50.5 Å². The van der Waals surface area contributed by atoms with Gasteiger partial charge in [0.2, 0.25) is 5.60 Å². The number of ether oxygens (including phenoxy) is 2. The predicted octanol–water partition coefficient (Wildman–Crippen LogP) is 5.14. The molecule has 0 amide bonds. The minimum atomic E-state index is -5.33. The Morgan fingerprint density at radius 1 is 1.17 bits per heavy atom. The average Bonchev–Trinajstić information content (AvgIpc) is 3.44. The smallest absolute Gasteiger partial charge is 0.422 e. The van der Waals surface area contributed by atoms with Gasteiger partial charge in [0.1, 0.15) is 29.7 Å². The van der Waals surface area contributed by atoms with Gasteiger partial charge in [0, 0.05) is 41.5 Å². The third-order valence-corrected chi connectivity index (χ3v) is 7.43. The zero-order valence-corrected chi connectivity index (χ0v) is 22.0. The normalized spacial score (nSPS) is 19.3. The van der Waals surface area contributed by atoms with Gasteiger partial charge in [-0.15, -0.1) is 0 Å². The van der Waals surface area contributed by atoms with Gasteiger partial charge in [-0.1, -0.05) is 0 Å². The van der Waals surface area contributed by atoms with E-state index >= 15 is 0 Å². The number of nitrogens with zero attached hydrogens (tertiary/aromatic N) is 1. The Morgan fingerprint density at radius 3 is 2.50 bits per heavy atom. The lowest BCUT2D eigenvalue weighted by Gasteiger charge is -2.31. The summed E-state index contributed by atoms with van der Waals surface area (Å²) in [6, 6.07) is 7.91. The van der Waals surface area contributed by atoms with Gasteiger partial charge in [-0.3, -0.25) is 9.59 Å². The number of fused-ring (bicyclic) bond motifs is 2. The number of alkyl halides is 5. The number of carbonyl (C=O) groups is 2. The van der Waals surface area contributed by atoms with Crippen LogP contribution in [-0.2, 0) is 28.8 Å². The van der Waals surface area contributed by atoms with Gasteiger partial charge in [0.25, 0.3) is 0 Å². The maximum atomic E-state index is 14.6. The van der Waals surface area contributed by atoms with Crippen LogP contribution < -0.4 is 15.2 Å². The van der Waals surface area contributed by atoms with Crippen molar-refractivity contribution in [2.75, 3.05) is 6.61 Å². The number of aliphatic hydroxyl groups is 1. The third kappa shape index (κ3) is 5.34. The van der Waals surface area contributed by atoms with Gasteiger partial charge in [0.15, 0.2) is 11.5 Å². The fourth-order valence-electron chi connectivity index (χ4n) is 5.17. The first kappa shape index (κ1) is 29.5. The minimum absolute atomic E-state index is 0.0789. The molecule has 0 unspecified atom stereocenters. The standard InChI is InChI=1S/C29H24F6N2O5/c1-27(36)13-41-25-20(27)12-23(37-24(25)14-2-4-17(30)5-3-14)28(40,29(33,34)35)7-6-21(39)16-8-15-9-18(38)11-19(15)22(10-16)42-26(31)32/h2-5,8,10,12,26,40H,6-7,9,11,13,36H2,1H3/t27-,28-/m1/s1. The van der Waals surface area contributed by atoms with Crippen LogP contribution in [0.5, 0.6) is 11.5 Å². The Bertz CT molecular complexity index is 1570. The van der Waals surface area contributed by atoms with Crippen LogP contribution in [-0.4, -0.2) is 41.1 Å². The van der Waals surface area contributed by atoms with Gasteiger partial charge in [-0.05, 0) is 61.4 Å². The molecule has 42 heavy (non-hydrogen) atoms. The van der Waals surface area contributed by atoms with Crippen LogP contribution in [0, 0.1) is 5.82 Å². The van der Waals surface area contributed by atoms with Crippen LogP contribution in [0.4, 0.5) is 26.3 Å². The molecule has 222 valence electrons. The zero-order valence-electron chi connectivity index (χ0n) is 22.0. The largest absolute Gasteiger partial charge is 0.489 e. The van der Waals surface area contributed by atoms with E-state index in [9.17, 15) is 41.0 Å². The molecule has 3 N–H and O–H groups in total.